The summed E-state index contributed by atoms with van der Waals surface area (Å²) in [4.78, 5) is 20.5. The van der Waals surface area contributed by atoms with Crippen LogP contribution in [0.15, 0.2) is 36.9 Å². The van der Waals surface area contributed by atoms with Gasteiger partial charge in [-0.3, -0.25) is 4.79 Å². The molecule has 0 saturated heterocycles. The summed E-state index contributed by atoms with van der Waals surface area (Å²) < 4.78 is 1.78. The summed E-state index contributed by atoms with van der Waals surface area (Å²) in [6, 6.07) is 6.53. The number of carbonyl (C=O) groups is 1. The minimum atomic E-state index is -0.0817. The van der Waals surface area contributed by atoms with E-state index >= 15 is 0 Å². The Bertz CT molecular complexity index is 616. The van der Waals surface area contributed by atoms with Gasteiger partial charge in [-0.05, 0) is 37.8 Å². The normalized spacial score (nSPS) is 21.3. The molecule has 2 heterocycles. The molecule has 1 aliphatic carbocycles. The average Bonchev–Trinajstić information content (AvgIpc) is 2.97. The molecule has 0 spiro atoms. The van der Waals surface area contributed by atoms with Gasteiger partial charge >= 0.3 is 0 Å². The molecule has 6 nitrogen and oxygen atoms in total. The lowest BCUT2D eigenvalue weighted by Gasteiger charge is -2.29. The number of nitrogens with one attached hydrogen (secondary N) is 2. The lowest BCUT2D eigenvalue weighted by molar-refractivity contribution is 0.0922. The molecule has 1 saturated carbocycles. The number of hydrogen-bond donors (Lipinski definition) is 2. The van der Waals surface area contributed by atoms with Gasteiger partial charge in [-0.2, -0.15) is 0 Å². The van der Waals surface area contributed by atoms with Crippen molar-refractivity contribution in [2.24, 2.45) is 7.05 Å². The van der Waals surface area contributed by atoms with Crippen LogP contribution in [-0.4, -0.2) is 32.5 Å². The number of aryl methyl sites for hydroxylation is 1. The summed E-state index contributed by atoms with van der Waals surface area (Å²) in [6.07, 6.45) is 9.19. The molecule has 0 aromatic carbocycles. The van der Waals surface area contributed by atoms with Gasteiger partial charge in [0.2, 0.25) is 0 Å². The van der Waals surface area contributed by atoms with Crippen LogP contribution in [0.5, 0.6) is 0 Å². The monoisotopic (exact) mass is 299 g/mol. The quantitative estimate of drug-likeness (QED) is 0.905. The number of pyridine rings is 1. The van der Waals surface area contributed by atoms with E-state index in [9.17, 15) is 4.79 Å². The molecule has 2 aromatic heterocycles. The fourth-order valence-corrected chi connectivity index (χ4v) is 2.83. The third-order valence-electron chi connectivity index (χ3n) is 4.02. The zero-order chi connectivity index (χ0) is 15.4. The van der Waals surface area contributed by atoms with Gasteiger partial charge in [0.15, 0.2) is 0 Å². The predicted molar refractivity (Wildman–Crippen MR) is 84.6 cm³/mol. The molecular formula is C16H21N5O. The van der Waals surface area contributed by atoms with Gasteiger partial charge in [-0.15, -0.1) is 0 Å². The maximum atomic E-state index is 12.1. The lowest BCUT2D eigenvalue weighted by Crippen LogP contribution is -2.40. The van der Waals surface area contributed by atoms with Crippen LogP contribution in [0.3, 0.4) is 0 Å². The van der Waals surface area contributed by atoms with Crippen molar-refractivity contribution >= 4 is 11.7 Å². The van der Waals surface area contributed by atoms with Gasteiger partial charge < -0.3 is 15.2 Å². The number of nitrogens with zero attached hydrogens (tertiary/aromatic N) is 3. The fraction of sp³-hybridized carbons (Fsp3) is 0.438. The summed E-state index contributed by atoms with van der Waals surface area (Å²) in [7, 11) is 1.86. The highest BCUT2D eigenvalue weighted by Crippen LogP contribution is 2.21. The summed E-state index contributed by atoms with van der Waals surface area (Å²) in [5, 5.41) is 6.52. The van der Waals surface area contributed by atoms with Crippen LogP contribution in [0, 0.1) is 0 Å². The number of amides is 1. The molecule has 116 valence electrons. The van der Waals surface area contributed by atoms with E-state index in [2.05, 4.69) is 20.6 Å². The molecular weight excluding hydrogens is 278 g/mol. The Labute approximate surface area is 130 Å². The molecule has 0 aliphatic heterocycles. The highest BCUT2D eigenvalue weighted by molar-refractivity contribution is 5.92. The number of anilines is 1. The van der Waals surface area contributed by atoms with E-state index in [1.807, 2.05) is 25.2 Å². The summed E-state index contributed by atoms with van der Waals surface area (Å²) >= 11 is 0. The zero-order valence-electron chi connectivity index (χ0n) is 12.7. The molecule has 6 heteroatoms. The largest absolute Gasteiger partial charge is 0.367 e. The van der Waals surface area contributed by atoms with E-state index in [4.69, 9.17) is 0 Å². The van der Waals surface area contributed by atoms with Crippen molar-refractivity contribution in [2.45, 2.75) is 37.8 Å². The number of imidazole rings is 1. The van der Waals surface area contributed by atoms with Crippen molar-refractivity contribution in [3.63, 3.8) is 0 Å². The minimum absolute atomic E-state index is 0.0817. The van der Waals surface area contributed by atoms with Crippen LogP contribution in [0.25, 0.3) is 0 Å². The van der Waals surface area contributed by atoms with Gasteiger partial charge in [-0.1, -0.05) is 6.07 Å². The summed E-state index contributed by atoms with van der Waals surface area (Å²) in [6.45, 7) is 0. The van der Waals surface area contributed by atoms with E-state index in [-0.39, 0.29) is 11.9 Å². The first-order chi connectivity index (χ1) is 10.7. The molecule has 0 bridgehead atoms. The maximum Gasteiger partial charge on any atom is 0.271 e. The Kier molecular flexibility index (Phi) is 4.37. The second-order valence-electron chi connectivity index (χ2n) is 5.81. The van der Waals surface area contributed by atoms with Gasteiger partial charge in [0.05, 0.1) is 6.33 Å². The van der Waals surface area contributed by atoms with Crippen molar-refractivity contribution in [1.82, 2.24) is 19.9 Å². The molecule has 1 aliphatic rings. The van der Waals surface area contributed by atoms with Crippen molar-refractivity contribution in [2.75, 3.05) is 5.32 Å². The number of carbonyl (C=O) groups excluding carboxylic acids is 1. The van der Waals surface area contributed by atoms with E-state index in [1.54, 1.807) is 23.3 Å². The number of rotatable bonds is 4. The molecule has 0 atom stereocenters. The van der Waals surface area contributed by atoms with Crippen molar-refractivity contribution in [1.29, 1.82) is 0 Å². The van der Waals surface area contributed by atoms with E-state index in [0.29, 0.717) is 11.7 Å². The second kappa shape index (κ2) is 6.60. The average molecular weight is 299 g/mol. The second-order valence-corrected chi connectivity index (χ2v) is 5.81. The van der Waals surface area contributed by atoms with Crippen LogP contribution in [0.4, 0.5) is 5.82 Å². The summed E-state index contributed by atoms with van der Waals surface area (Å²) in [5.41, 5.74) is 0.483. The van der Waals surface area contributed by atoms with Gasteiger partial charge in [0, 0.05) is 31.5 Å². The van der Waals surface area contributed by atoms with E-state index in [0.717, 1.165) is 31.5 Å². The lowest BCUT2D eigenvalue weighted by atomic mass is 9.91. The highest BCUT2D eigenvalue weighted by Gasteiger charge is 2.23. The third kappa shape index (κ3) is 3.63. The first kappa shape index (κ1) is 14.6. The molecule has 2 N–H and O–H groups in total. The minimum Gasteiger partial charge on any atom is -0.367 e. The smallest absolute Gasteiger partial charge is 0.271 e. The Morgan fingerprint density at radius 1 is 1.18 bits per heavy atom. The summed E-state index contributed by atoms with van der Waals surface area (Å²) in [5.74, 6) is 0.838. The Morgan fingerprint density at radius 3 is 2.59 bits per heavy atom. The molecule has 1 fully saturated rings. The van der Waals surface area contributed by atoms with Crippen LogP contribution in [0.2, 0.25) is 0 Å². The standard InChI is InChI=1S/C16H21N5O/c1-21-10-14(18-11-21)16(22)20-13-7-5-12(6-8-13)19-15-4-2-3-9-17-15/h2-4,9-13H,5-8H2,1H3,(H,17,19)(H,20,22). The Morgan fingerprint density at radius 2 is 1.95 bits per heavy atom. The topological polar surface area (TPSA) is 71.8 Å². The number of hydrogen-bond acceptors (Lipinski definition) is 4. The molecule has 2 aromatic rings. The predicted octanol–water partition coefficient (Wildman–Crippen LogP) is 1.97. The van der Waals surface area contributed by atoms with Crippen molar-refractivity contribution < 1.29 is 4.79 Å². The van der Waals surface area contributed by atoms with Crippen LogP contribution in [-0.2, 0) is 7.05 Å². The van der Waals surface area contributed by atoms with Crippen molar-refractivity contribution in [3.8, 4) is 0 Å². The number of aromatic nitrogens is 3. The van der Waals surface area contributed by atoms with Gasteiger partial charge in [-0.25, -0.2) is 9.97 Å². The van der Waals surface area contributed by atoms with E-state index < -0.39 is 0 Å². The highest BCUT2D eigenvalue weighted by atomic mass is 16.2. The Hall–Kier alpha value is -2.37. The molecule has 3 rings (SSSR count). The fourth-order valence-electron chi connectivity index (χ4n) is 2.83. The van der Waals surface area contributed by atoms with Crippen LogP contribution in [0.1, 0.15) is 36.2 Å². The molecule has 22 heavy (non-hydrogen) atoms. The van der Waals surface area contributed by atoms with Crippen LogP contribution >= 0.6 is 0 Å². The molecule has 0 radical (unpaired) electrons. The van der Waals surface area contributed by atoms with E-state index in [1.165, 1.54) is 0 Å². The first-order valence-corrected chi connectivity index (χ1v) is 7.67. The maximum absolute atomic E-state index is 12.1. The van der Waals surface area contributed by atoms with Gasteiger partial charge in [0.1, 0.15) is 11.5 Å². The molecule has 1 amide bonds. The SMILES string of the molecule is Cn1cnc(C(=O)NC2CCC(Nc3ccccn3)CC2)c1. The first-order valence-electron chi connectivity index (χ1n) is 7.67. The van der Waals surface area contributed by atoms with Gasteiger partial charge in [0.25, 0.3) is 5.91 Å². The Balaban J connectivity index is 1.46. The van der Waals surface area contributed by atoms with Crippen LogP contribution < -0.4 is 10.6 Å². The third-order valence-corrected chi connectivity index (χ3v) is 4.02. The van der Waals surface area contributed by atoms with Crippen molar-refractivity contribution in [3.05, 3.63) is 42.6 Å². The zero-order valence-corrected chi connectivity index (χ0v) is 12.7. The molecule has 0 unspecified atom stereocenters.